The van der Waals surface area contributed by atoms with E-state index in [1.807, 2.05) is 0 Å². The van der Waals surface area contributed by atoms with Crippen LogP contribution >= 0.6 is 0 Å². The number of hydrogen-bond acceptors (Lipinski definition) is 6. The molecule has 0 aliphatic carbocycles. The number of carbonyl (C=O) groups is 2. The van der Waals surface area contributed by atoms with Crippen LogP contribution in [0.5, 0.6) is 0 Å². The third kappa shape index (κ3) is 2.67. The molecular formula is C12H15N5O4. The van der Waals surface area contributed by atoms with Gasteiger partial charge in [-0.2, -0.15) is 9.78 Å². The first-order valence-corrected chi connectivity index (χ1v) is 6.30. The number of rotatable bonds is 4. The topological polar surface area (TPSA) is 118 Å². The Hall–Kier alpha value is -2.58. The van der Waals surface area contributed by atoms with Crippen LogP contribution in [0.25, 0.3) is 0 Å². The predicted octanol–water partition coefficient (Wildman–Crippen LogP) is -0.935. The SMILES string of the molecule is CC1=Nn2c(nnc(CCC(=O)O)c2=O)[C@H]1C(=O)N(C)C. The van der Waals surface area contributed by atoms with E-state index in [1.165, 1.54) is 4.90 Å². The zero-order valence-electron chi connectivity index (χ0n) is 11.9. The number of hydrogen-bond donors (Lipinski definition) is 1. The summed E-state index contributed by atoms with van der Waals surface area (Å²) in [7, 11) is 3.20. The molecule has 9 nitrogen and oxygen atoms in total. The number of aromatic nitrogens is 3. The average Bonchev–Trinajstić information content (AvgIpc) is 2.74. The Balaban J connectivity index is 2.41. The molecule has 9 heteroatoms. The highest BCUT2D eigenvalue weighted by molar-refractivity contribution is 6.08. The van der Waals surface area contributed by atoms with Gasteiger partial charge in [-0.05, 0) is 6.92 Å². The minimum Gasteiger partial charge on any atom is -0.481 e. The zero-order valence-corrected chi connectivity index (χ0v) is 11.9. The molecule has 0 fully saturated rings. The number of likely N-dealkylation sites (N-methyl/N-ethyl adjacent to an activating group) is 1. The van der Waals surface area contributed by atoms with Crippen molar-refractivity contribution in [2.45, 2.75) is 25.7 Å². The molecular weight excluding hydrogens is 278 g/mol. The summed E-state index contributed by atoms with van der Waals surface area (Å²) in [5.74, 6) is -1.83. The summed E-state index contributed by atoms with van der Waals surface area (Å²) in [6.45, 7) is 1.64. The average molecular weight is 293 g/mol. The Bertz CT molecular complexity index is 691. The van der Waals surface area contributed by atoms with E-state index in [9.17, 15) is 14.4 Å². The van der Waals surface area contributed by atoms with Crippen molar-refractivity contribution in [3.05, 3.63) is 21.9 Å². The molecule has 2 heterocycles. The summed E-state index contributed by atoms with van der Waals surface area (Å²) in [6.07, 6.45) is -0.242. The molecule has 0 saturated carbocycles. The summed E-state index contributed by atoms with van der Waals surface area (Å²) in [4.78, 5) is 36.3. The lowest BCUT2D eigenvalue weighted by Gasteiger charge is -2.15. The highest BCUT2D eigenvalue weighted by Gasteiger charge is 2.35. The molecule has 112 valence electrons. The molecule has 0 unspecified atom stereocenters. The van der Waals surface area contributed by atoms with E-state index in [-0.39, 0.29) is 30.3 Å². The maximum Gasteiger partial charge on any atom is 0.303 e. The van der Waals surface area contributed by atoms with Crippen LogP contribution in [0.2, 0.25) is 0 Å². The summed E-state index contributed by atoms with van der Waals surface area (Å²) in [5, 5.41) is 20.3. The molecule has 21 heavy (non-hydrogen) atoms. The number of aliphatic carboxylic acids is 1. The largest absolute Gasteiger partial charge is 0.481 e. The number of carboxylic acids is 1. The van der Waals surface area contributed by atoms with Crippen molar-refractivity contribution in [2.75, 3.05) is 14.1 Å². The molecule has 1 aliphatic rings. The third-order valence-electron chi connectivity index (χ3n) is 3.13. The lowest BCUT2D eigenvalue weighted by Crippen LogP contribution is -2.33. The summed E-state index contributed by atoms with van der Waals surface area (Å²) >= 11 is 0. The van der Waals surface area contributed by atoms with Crippen molar-refractivity contribution in [3.63, 3.8) is 0 Å². The van der Waals surface area contributed by atoms with Gasteiger partial charge < -0.3 is 10.0 Å². The van der Waals surface area contributed by atoms with Crippen LogP contribution in [0.1, 0.15) is 30.8 Å². The van der Waals surface area contributed by atoms with E-state index in [2.05, 4.69) is 15.3 Å². The van der Waals surface area contributed by atoms with Gasteiger partial charge in [0.15, 0.2) is 5.82 Å². The second-order valence-electron chi connectivity index (χ2n) is 4.92. The molecule has 0 radical (unpaired) electrons. The van der Waals surface area contributed by atoms with Gasteiger partial charge in [0, 0.05) is 20.5 Å². The van der Waals surface area contributed by atoms with Crippen LogP contribution in [0.15, 0.2) is 9.90 Å². The molecule has 1 aromatic heterocycles. The zero-order chi connectivity index (χ0) is 15.7. The maximum absolute atomic E-state index is 12.2. The van der Waals surface area contributed by atoms with Crippen molar-refractivity contribution in [2.24, 2.45) is 5.10 Å². The van der Waals surface area contributed by atoms with Crippen LogP contribution < -0.4 is 5.56 Å². The van der Waals surface area contributed by atoms with Crippen LogP contribution in [0.3, 0.4) is 0 Å². The Kier molecular flexibility index (Phi) is 3.83. The van der Waals surface area contributed by atoms with Crippen molar-refractivity contribution < 1.29 is 14.7 Å². The van der Waals surface area contributed by atoms with Gasteiger partial charge in [-0.1, -0.05) is 0 Å². The quantitative estimate of drug-likeness (QED) is 0.766. The standard InChI is InChI=1S/C12H15N5O4/c1-6-9(12(21)16(2)3)10-14-13-7(4-5-8(18)19)11(20)17(10)15-6/h9H,4-5H2,1-3H3,(H,18,19)/t9-/m0/s1. The van der Waals surface area contributed by atoms with Crippen molar-refractivity contribution in [1.82, 2.24) is 19.8 Å². The van der Waals surface area contributed by atoms with E-state index in [1.54, 1.807) is 21.0 Å². The van der Waals surface area contributed by atoms with E-state index in [0.717, 1.165) is 4.68 Å². The predicted molar refractivity (Wildman–Crippen MR) is 72.2 cm³/mol. The second-order valence-corrected chi connectivity index (χ2v) is 4.92. The molecule has 1 atom stereocenters. The summed E-state index contributed by atoms with van der Waals surface area (Å²) in [5.41, 5.74) is -0.0548. The van der Waals surface area contributed by atoms with Gasteiger partial charge in [-0.3, -0.25) is 14.4 Å². The van der Waals surface area contributed by atoms with Gasteiger partial charge in [0.25, 0.3) is 5.56 Å². The maximum atomic E-state index is 12.2. The number of nitrogens with zero attached hydrogens (tertiary/aromatic N) is 5. The number of fused-ring (bicyclic) bond motifs is 1. The van der Waals surface area contributed by atoms with Crippen LogP contribution in [0.4, 0.5) is 0 Å². The number of amides is 1. The Morgan fingerprint density at radius 3 is 2.57 bits per heavy atom. The Labute approximate surface area is 119 Å². The van der Waals surface area contributed by atoms with Crippen molar-refractivity contribution in [3.8, 4) is 0 Å². The summed E-state index contributed by atoms with van der Waals surface area (Å²) in [6, 6.07) is 0. The van der Waals surface area contributed by atoms with Gasteiger partial charge in [0.2, 0.25) is 5.91 Å². The molecule has 1 aliphatic heterocycles. The number of carboxylic acid groups (broad SMARTS) is 1. The van der Waals surface area contributed by atoms with E-state index < -0.39 is 17.4 Å². The van der Waals surface area contributed by atoms with E-state index >= 15 is 0 Å². The van der Waals surface area contributed by atoms with E-state index in [0.29, 0.717) is 5.71 Å². The number of carbonyl (C=O) groups excluding carboxylic acids is 1. The highest BCUT2D eigenvalue weighted by Crippen LogP contribution is 2.22. The summed E-state index contributed by atoms with van der Waals surface area (Å²) < 4.78 is 1.03. The van der Waals surface area contributed by atoms with Gasteiger partial charge in [0.05, 0.1) is 12.1 Å². The molecule has 0 aromatic carbocycles. The molecule has 1 aromatic rings. The first kappa shape index (κ1) is 14.8. The van der Waals surface area contributed by atoms with Crippen LogP contribution in [0, 0.1) is 0 Å². The smallest absolute Gasteiger partial charge is 0.303 e. The monoisotopic (exact) mass is 293 g/mol. The fourth-order valence-corrected chi connectivity index (χ4v) is 2.03. The molecule has 0 spiro atoms. The van der Waals surface area contributed by atoms with Crippen molar-refractivity contribution in [1.29, 1.82) is 0 Å². The number of aryl methyl sites for hydroxylation is 1. The molecule has 2 rings (SSSR count). The molecule has 1 amide bonds. The Morgan fingerprint density at radius 1 is 1.33 bits per heavy atom. The van der Waals surface area contributed by atoms with Gasteiger partial charge in [-0.15, -0.1) is 10.2 Å². The van der Waals surface area contributed by atoms with Crippen molar-refractivity contribution >= 4 is 17.6 Å². The fraction of sp³-hybridized carbons (Fsp3) is 0.500. The molecule has 1 N–H and O–H groups in total. The van der Waals surface area contributed by atoms with Crippen LogP contribution in [-0.2, 0) is 16.0 Å². The highest BCUT2D eigenvalue weighted by atomic mass is 16.4. The lowest BCUT2D eigenvalue weighted by atomic mass is 10.0. The molecule has 0 bridgehead atoms. The minimum absolute atomic E-state index is 0.0238. The Morgan fingerprint density at radius 2 is 2.00 bits per heavy atom. The third-order valence-corrected chi connectivity index (χ3v) is 3.13. The fourth-order valence-electron chi connectivity index (χ4n) is 2.03. The first-order chi connectivity index (χ1) is 9.82. The second kappa shape index (κ2) is 5.43. The van der Waals surface area contributed by atoms with Gasteiger partial charge in [-0.25, -0.2) is 0 Å². The molecule has 0 saturated heterocycles. The normalized spacial score (nSPS) is 16.3. The minimum atomic E-state index is -1.03. The van der Waals surface area contributed by atoms with E-state index in [4.69, 9.17) is 5.11 Å². The first-order valence-electron chi connectivity index (χ1n) is 6.30. The van der Waals surface area contributed by atoms with Gasteiger partial charge >= 0.3 is 5.97 Å². The van der Waals surface area contributed by atoms with Gasteiger partial charge in [0.1, 0.15) is 11.6 Å². The lowest BCUT2D eigenvalue weighted by molar-refractivity contribution is -0.137. The van der Waals surface area contributed by atoms with Crippen LogP contribution in [-0.4, -0.2) is 56.6 Å².